The lowest BCUT2D eigenvalue weighted by molar-refractivity contribution is -0.189. The highest BCUT2D eigenvalue weighted by molar-refractivity contribution is 6.30. The number of carbonyl (C=O) groups excluding carboxylic acids is 2. The number of hydrogen-bond acceptors (Lipinski definition) is 5. The van der Waals surface area contributed by atoms with Crippen LogP contribution in [0.2, 0.25) is 5.02 Å². The van der Waals surface area contributed by atoms with Crippen molar-refractivity contribution >= 4 is 23.6 Å². The molecule has 5 atom stereocenters. The normalized spacial score (nSPS) is 26.9. The van der Waals surface area contributed by atoms with E-state index in [1.165, 1.54) is 0 Å². The number of likely N-dealkylation sites (tertiary alicyclic amines) is 1. The molecule has 5 rings (SSSR count). The Bertz CT molecular complexity index is 1120. The molecule has 36 heavy (non-hydrogen) atoms. The Balaban J connectivity index is 1.20. The largest absolute Gasteiger partial charge is 0.487 e. The van der Waals surface area contributed by atoms with E-state index in [9.17, 15) is 9.59 Å². The molecule has 0 unspecified atom stereocenters. The van der Waals surface area contributed by atoms with Gasteiger partial charge in [-0.2, -0.15) is 0 Å². The van der Waals surface area contributed by atoms with Crippen LogP contribution in [0, 0.1) is 11.8 Å². The second-order valence-electron chi connectivity index (χ2n) is 10.6. The number of alkyl carbamates (subject to hydrolysis) is 1. The van der Waals surface area contributed by atoms with Gasteiger partial charge < -0.3 is 24.4 Å². The first-order valence-electron chi connectivity index (χ1n) is 12.6. The Morgan fingerprint density at radius 2 is 2.00 bits per heavy atom. The van der Waals surface area contributed by atoms with E-state index in [1.807, 2.05) is 53.4 Å². The summed E-state index contributed by atoms with van der Waals surface area (Å²) >= 11 is 6.29. The van der Waals surface area contributed by atoms with E-state index in [-0.39, 0.29) is 36.6 Å². The second kappa shape index (κ2) is 9.94. The van der Waals surface area contributed by atoms with E-state index in [0.717, 1.165) is 29.7 Å². The predicted octanol–water partition coefficient (Wildman–Crippen LogP) is 5.12. The van der Waals surface area contributed by atoms with Gasteiger partial charge in [-0.1, -0.05) is 41.9 Å². The molecule has 3 aliphatic heterocycles. The SMILES string of the molecule is C[C@H](NC(=O)OCc1ccccc1)C(=O)N1CC[C@H]2O[C@H]3c4cc(Cl)ccc4OC(C)(C)[C@@H]3C[C@H]2C1. The standard InChI is InChI=1S/C28H33ClN2O5/c1-17(30-27(33)34-16-18-7-5-4-6-8-18)26(32)31-12-11-23-19(15-31)13-22-25(35-23)21-14-20(29)9-10-24(21)36-28(22,2)3/h4-10,14,17,19,22-23,25H,11-13,15-16H2,1-3H3,(H,30,33)/t17-,19-,22+,23+,25-/m0/s1. The van der Waals surface area contributed by atoms with Gasteiger partial charge in [0.25, 0.3) is 0 Å². The summed E-state index contributed by atoms with van der Waals surface area (Å²) in [7, 11) is 0. The van der Waals surface area contributed by atoms with Gasteiger partial charge in [0.2, 0.25) is 5.91 Å². The summed E-state index contributed by atoms with van der Waals surface area (Å²) in [6.45, 7) is 7.24. The number of nitrogens with zero attached hydrogens (tertiary/aromatic N) is 1. The smallest absolute Gasteiger partial charge is 0.408 e. The predicted molar refractivity (Wildman–Crippen MR) is 136 cm³/mol. The van der Waals surface area contributed by atoms with E-state index in [4.69, 9.17) is 25.8 Å². The molecule has 2 aromatic carbocycles. The monoisotopic (exact) mass is 512 g/mol. The maximum atomic E-state index is 13.2. The average molecular weight is 513 g/mol. The summed E-state index contributed by atoms with van der Waals surface area (Å²) < 4.78 is 18.3. The number of rotatable bonds is 4. The summed E-state index contributed by atoms with van der Waals surface area (Å²) in [5, 5.41) is 3.35. The van der Waals surface area contributed by atoms with Gasteiger partial charge in [0.1, 0.15) is 24.0 Å². The number of halogens is 1. The maximum Gasteiger partial charge on any atom is 0.408 e. The molecule has 7 nitrogen and oxygen atoms in total. The summed E-state index contributed by atoms with van der Waals surface area (Å²) in [6, 6.07) is 14.5. The third kappa shape index (κ3) is 5.04. The lowest BCUT2D eigenvalue weighted by Crippen LogP contribution is -2.57. The van der Waals surface area contributed by atoms with Gasteiger partial charge in [-0.05, 0) is 57.4 Å². The summed E-state index contributed by atoms with van der Waals surface area (Å²) in [4.78, 5) is 27.3. The van der Waals surface area contributed by atoms with Crippen LogP contribution in [0.1, 0.15) is 50.8 Å². The zero-order chi connectivity index (χ0) is 25.4. The van der Waals surface area contributed by atoms with Crippen molar-refractivity contribution in [1.29, 1.82) is 0 Å². The van der Waals surface area contributed by atoms with Crippen LogP contribution in [0.15, 0.2) is 48.5 Å². The summed E-state index contributed by atoms with van der Waals surface area (Å²) in [5.74, 6) is 1.06. The van der Waals surface area contributed by atoms with Crippen LogP contribution in [-0.2, 0) is 20.9 Å². The topological polar surface area (TPSA) is 77.1 Å². The van der Waals surface area contributed by atoms with E-state index >= 15 is 0 Å². The lowest BCUT2D eigenvalue weighted by Gasteiger charge is -2.53. The van der Waals surface area contributed by atoms with Crippen molar-refractivity contribution in [3.63, 3.8) is 0 Å². The van der Waals surface area contributed by atoms with Crippen molar-refractivity contribution in [1.82, 2.24) is 10.2 Å². The van der Waals surface area contributed by atoms with Crippen molar-refractivity contribution in [2.24, 2.45) is 11.8 Å². The van der Waals surface area contributed by atoms with E-state index in [2.05, 4.69) is 19.2 Å². The molecule has 2 amide bonds. The third-order valence-electron chi connectivity index (χ3n) is 7.68. The number of benzene rings is 2. The molecule has 2 aromatic rings. The fourth-order valence-electron chi connectivity index (χ4n) is 5.76. The maximum absolute atomic E-state index is 13.2. The molecule has 0 bridgehead atoms. The molecule has 8 heteroatoms. The minimum atomic E-state index is -0.675. The number of ether oxygens (including phenoxy) is 3. The fraction of sp³-hybridized carbons (Fsp3) is 0.500. The first-order chi connectivity index (χ1) is 17.2. The minimum absolute atomic E-state index is 0.0649. The Morgan fingerprint density at radius 1 is 1.22 bits per heavy atom. The Labute approximate surface area is 217 Å². The van der Waals surface area contributed by atoms with Gasteiger partial charge in [-0.3, -0.25) is 4.79 Å². The first-order valence-corrected chi connectivity index (χ1v) is 13.0. The highest BCUT2D eigenvalue weighted by Gasteiger charge is 2.51. The summed E-state index contributed by atoms with van der Waals surface area (Å²) in [6.07, 6.45) is 1.03. The number of fused-ring (bicyclic) bond motifs is 4. The zero-order valence-corrected chi connectivity index (χ0v) is 21.7. The molecule has 0 saturated carbocycles. The van der Waals surface area contributed by atoms with Crippen LogP contribution < -0.4 is 10.1 Å². The molecular formula is C28H33ClN2O5. The number of carbonyl (C=O) groups is 2. The Kier molecular flexibility index (Phi) is 6.88. The second-order valence-corrected chi connectivity index (χ2v) is 11.0. The van der Waals surface area contributed by atoms with Crippen LogP contribution in [0.25, 0.3) is 0 Å². The van der Waals surface area contributed by atoms with Gasteiger partial charge in [0.15, 0.2) is 0 Å². The van der Waals surface area contributed by atoms with E-state index in [0.29, 0.717) is 18.1 Å². The van der Waals surface area contributed by atoms with Crippen LogP contribution >= 0.6 is 11.6 Å². The molecule has 0 aliphatic carbocycles. The van der Waals surface area contributed by atoms with E-state index < -0.39 is 17.7 Å². The lowest BCUT2D eigenvalue weighted by atomic mass is 9.70. The molecule has 0 radical (unpaired) electrons. The molecule has 192 valence electrons. The van der Waals surface area contributed by atoms with Crippen molar-refractivity contribution in [3.05, 3.63) is 64.7 Å². The van der Waals surface area contributed by atoms with E-state index in [1.54, 1.807) is 6.92 Å². The number of amides is 2. The first kappa shape index (κ1) is 24.9. The average Bonchev–Trinajstić information content (AvgIpc) is 2.87. The highest BCUT2D eigenvalue weighted by atomic mass is 35.5. The highest BCUT2D eigenvalue weighted by Crippen LogP contribution is 2.53. The Morgan fingerprint density at radius 3 is 2.78 bits per heavy atom. The van der Waals surface area contributed by atoms with Gasteiger partial charge in [0, 0.05) is 35.5 Å². The molecular weight excluding hydrogens is 480 g/mol. The molecule has 0 spiro atoms. The van der Waals surface area contributed by atoms with Gasteiger partial charge >= 0.3 is 6.09 Å². The minimum Gasteiger partial charge on any atom is -0.487 e. The quantitative estimate of drug-likeness (QED) is 0.615. The molecule has 3 aliphatic rings. The van der Waals surface area contributed by atoms with Crippen LogP contribution in [-0.4, -0.2) is 47.7 Å². The number of nitrogens with one attached hydrogen (secondary N) is 1. The fourth-order valence-corrected chi connectivity index (χ4v) is 5.94. The van der Waals surface area contributed by atoms with Crippen LogP contribution in [0.4, 0.5) is 4.79 Å². The third-order valence-corrected chi connectivity index (χ3v) is 7.92. The van der Waals surface area contributed by atoms with Crippen LogP contribution in [0.5, 0.6) is 5.75 Å². The van der Waals surface area contributed by atoms with Gasteiger partial charge in [-0.25, -0.2) is 4.79 Å². The zero-order valence-electron chi connectivity index (χ0n) is 20.9. The van der Waals surface area contributed by atoms with Crippen molar-refractivity contribution in [2.75, 3.05) is 13.1 Å². The molecule has 2 fully saturated rings. The van der Waals surface area contributed by atoms with Gasteiger partial charge in [0.05, 0.1) is 12.2 Å². The van der Waals surface area contributed by atoms with Crippen LogP contribution in [0.3, 0.4) is 0 Å². The molecule has 3 heterocycles. The Hall–Kier alpha value is -2.77. The van der Waals surface area contributed by atoms with Gasteiger partial charge in [-0.15, -0.1) is 0 Å². The molecule has 2 saturated heterocycles. The molecule has 0 aromatic heterocycles. The summed E-state index contributed by atoms with van der Waals surface area (Å²) in [5.41, 5.74) is 1.50. The number of hydrogen-bond donors (Lipinski definition) is 1. The van der Waals surface area contributed by atoms with Crippen molar-refractivity contribution in [2.45, 2.75) is 64.1 Å². The number of piperidine rings is 1. The molecule has 1 N–H and O–H groups in total. The van der Waals surface area contributed by atoms with Crippen molar-refractivity contribution in [3.8, 4) is 5.75 Å². The van der Waals surface area contributed by atoms with Crippen molar-refractivity contribution < 1.29 is 23.8 Å².